The molecular formula is C32H48O8S. The Bertz CT molecular complexity index is 1120. The Hall–Kier alpha value is -1.91. The first-order chi connectivity index (χ1) is 19.8. The van der Waals surface area contributed by atoms with Gasteiger partial charge in [-0.15, -0.1) is 0 Å². The SMILES string of the molecule is CCCCCCCCCCCCCCCC(=O)SCC1OC(Oc2ccc3c(C)cc(=O)oc3c2)C(O)C(O)C1O. The van der Waals surface area contributed by atoms with Gasteiger partial charge < -0.3 is 29.2 Å². The van der Waals surface area contributed by atoms with Gasteiger partial charge in [0.2, 0.25) is 6.29 Å². The summed E-state index contributed by atoms with van der Waals surface area (Å²) in [4.78, 5) is 24.2. The first-order valence-electron chi connectivity index (χ1n) is 15.4. The maximum atomic E-state index is 12.4. The van der Waals surface area contributed by atoms with E-state index in [1.54, 1.807) is 19.1 Å². The van der Waals surface area contributed by atoms with Crippen molar-refractivity contribution in [3.8, 4) is 5.75 Å². The Labute approximate surface area is 247 Å². The summed E-state index contributed by atoms with van der Waals surface area (Å²) >= 11 is 1.07. The van der Waals surface area contributed by atoms with Crippen molar-refractivity contribution >= 4 is 27.8 Å². The van der Waals surface area contributed by atoms with E-state index in [-0.39, 0.29) is 16.6 Å². The lowest BCUT2D eigenvalue weighted by Gasteiger charge is -2.40. The van der Waals surface area contributed by atoms with Gasteiger partial charge in [-0.1, -0.05) is 95.7 Å². The lowest BCUT2D eigenvalue weighted by Crippen LogP contribution is -2.59. The van der Waals surface area contributed by atoms with Gasteiger partial charge in [-0.3, -0.25) is 4.79 Å². The van der Waals surface area contributed by atoms with Gasteiger partial charge in [0.05, 0.1) is 6.10 Å². The van der Waals surface area contributed by atoms with Gasteiger partial charge in [-0.2, -0.15) is 0 Å². The molecule has 5 atom stereocenters. The second-order valence-corrected chi connectivity index (χ2v) is 12.3. The molecule has 1 fully saturated rings. The Morgan fingerprint density at radius 1 is 0.854 bits per heavy atom. The minimum absolute atomic E-state index is 0.0156. The van der Waals surface area contributed by atoms with Crippen LogP contribution in [0.2, 0.25) is 0 Å². The topological polar surface area (TPSA) is 126 Å². The van der Waals surface area contributed by atoms with Crippen LogP contribution in [0.5, 0.6) is 5.75 Å². The number of carbonyl (C=O) groups is 1. The molecule has 2 heterocycles. The number of carbonyl (C=O) groups excluding carboxylic acids is 1. The van der Waals surface area contributed by atoms with Crippen molar-refractivity contribution in [1.29, 1.82) is 0 Å². The standard InChI is InChI=1S/C32H48O8S/c1-3-4-5-6-7-8-9-10-11-12-13-14-15-16-28(34)41-21-26-29(35)30(36)31(37)32(40-26)38-23-17-18-24-22(2)19-27(33)39-25(24)20-23/h17-20,26,29-32,35-37H,3-16,21H2,1-2H3. The van der Waals surface area contributed by atoms with Crippen LogP contribution in [0.15, 0.2) is 33.5 Å². The fourth-order valence-electron chi connectivity index (χ4n) is 5.20. The summed E-state index contributed by atoms with van der Waals surface area (Å²) in [6.07, 6.45) is 10.1. The first-order valence-corrected chi connectivity index (χ1v) is 16.3. The van der Waals surface area contributed by atoms with Crippen LogP contribution >= 0.6 is 11.8 Å². The predicted octanol–water partition coefficient (Wildman–Crippen LogP) is 6.03. The summed E-state index contributed by atoms with van der Waals surface area (Å²) in [5, 5.41) is 32.0. The van der Waals surface area contributed by atoms with Crippen molar-refractivity contribution in [3.63, 3.8) is 0 Å². The lowest BCUT2D eigenvalue weighted by molar-refractivity contribution is -0.267. The first kappa shape index (κ1) is 33.6. The molecule has 2 aromatic rings. The number of aryl methyl sites for hydroxylation is 1. The molecule has 0 aliphatic carbocycles. The van der Waals surface area contributed by atoms with Crippen LogP contribution in [-0.2, 0) is 9.53 Å². The zero-order chi connectivity index (χ0) is 29.6. The number of hydrogen-bond donors (Lipinski definition) is 3. The van der Waals surface area contributed by atoms with Gasteiger partial charge in [0.1, 0.15) is 29.6 Å². The average molecular weight is 593 g/mol. The van der Waals surface area contributed by atoms with Gasteiger partial charge >= 0.3 is 5.63 Å². The Balaban J connectivity index is 1.34. The number of unbranched alkanes of at least 4 members (excludes halogenated alkanes) is 12. The number of hydrogen-bond acceptors (Lipinski definition) is 9. The number of benzene rings is 1. The molecule has 1 saturated heterocycles. The van der Waals surface area contributed by atoms with Crippen molar-refractivity contribution in [1.82, 2.24) is 0 Å². The van der Waals surface area contributed by atoms with Crippen molar-refractivity contribution in [2.75, 3.05) is 5.75 Å². The molecule has 3 N–H and O–H groups in total. The third kappa shape index (κ3) is 11.0. The van der Waals surface area contributed by atoms with Crippen LogP contribution in [0.1, 0.15) is 102 Å². The van der Waals surface area contributed by atoms with Crippen molar-refractivity contribution in [2.45, 2.75) is 134 Å². The Morgan fingerprint density at radius 3 is 2.10 bits per heavy atom. The lowest BCUT2D eigenvalue weighted by atomic mass is 10.00. The molecular weight excluding hydrogens is 544 g/mol. The molecule has 0 saturated carbocycles. The molecule has 0 bridgehead atoms. The quantitative estimate of drug-likeness (QED) is 0.140. The molecule has 8 nitrogen and oxygen atoms in total. The minimum Gasteiger partial charge on any atom is -0.462 e. The summed E-state index contributed by atoms with van der Waals surface area (Å²) in [5.74, 6) is 0.400. The van der Waals surface area contributed by atoms with E-state index in [0.717, 1.165) is 42.0 Å². The fourth-order valence-corrected chi connectivity index (χ4v) is 6.11. The maximum absolute atomic E-state index is 12.4. The Morgan fingerprint density at radius 2 is 1.46 bits per heavy atom. The molecule has 41 heavy (non-hydrogen) atoms. The van der Waals surface area contributed by atoms with Gasteiger partial charge in [0, 0.05) is 29.7 Å². The largest absolute Gasteiger partial charge is 0.462 e. The van der Waals surface area contributed by atoms with E-state index >= 15 is 0 Å². The summed E-state index contributed by atoms with van der Waals surface area (Å²) in [7, 11) is 0. The van der Waals surface area contributed by atoms with Gasteiger partial charge in [-0.05, 0) is 31.0 Å². The number of thioether (sulfide) groups is 1. The van der Waals surface area contributed by atoms with Crippen molar-refractivity contribution in [3.05, 3.63) is 40.2 Å². The van der Waals surface area contributed by atoms with Gasteiger partial charge in [0.25, 0.3) is 0 Å². The van der Waals surface area contributed by atoms with Crippen LogP contribution in [0, 0.1) is 6.92 Å². The molecule has 1 aromatic heterocycles. The molecule has 230 valence electrons. The third-order valence-electron chi connectivity index (χ3n) is 7.74. The van der Waals surface area contributed by atoms with Crippen molar-refractivity contribution < 1.29 is 34.0 Å². The van der Waals surface area contributed by atoms with E-state index in [2.05, 4.69) is 6.92 Å². The van der Waals surface area contributed by atoms with Crippen LogP contribution in [0.4, 0.5) is 0 Å². The van der Waals surface area contributed by atoms with E-state index in [9.17, 15) is 24.9 Å². The molecule has 1 aliphatic heterocycles. The maximum Gasteiger partial charge on any atom is 0.336 e. The van der Waals surface area contributed by atoms with Crippen LogP contribution in [0.25, 0.3) is 11.0 Å². The molecule has 1 aliphatic rings. The molecule has 0 amide bonds. The molecule has 9 heteroatoms. The summed E-state index contributed by atoms with van der Waals surface area (Å²) < 4.78 is 16.8. The summed E-state index contributed by atoms with van der Waals surface area (Å²) in [6, 6.07) is 6.29. The number of ether oxygens (including phenoxy) is 2. The zero-order valence-electron chi connectivity index (χ0n) is 24.6. The monoisotopic (exact) mass is 592 g/mol. The normalized spacial score (nSPS) is 22.7. The third-order valence-corrected chi connectivity index (χ3v) is 8.76. The molecule has 0 radical (unpaired) electrons. The van der Waals surface area contributed by atoms with E-state index in [4.69, 9.17) is 13.9 Å². The average Bonchev–Trinajstić information content (AvgIpc) is 2.94. The molecule has 1 aromatic carbocycles. The van der Waals surface area contributed by atoms with Crippen LogP contribution in [0.3, 0.4) is 0 Å². The van der Waals surface area contributed by atoms with E-state index in [1.165, 1.54) is 76.3 Å². The van der Waals surface area contributed by atoms with Crippen molar-refractivity contribution in [2.24, 2.45) is 0 Å². The molecule has 3 rings (SSSR count). The smallest absolute Gasteiger partial charge is 0.336 e. The van der Waals surface area contributed by atoms with Crippen LogP contribution in [-0.4, -0.2) is 56.9 Å². The second-order valence-electron chi connectivity index (χ2n) is 11.2. The number of fused-ring (bicyclic) bond motifs is 1. The number of rotatable bonds is 18. The highest BCUT2D eigenvalue weighted by atomic mass is 32.2. The highest BCUT2D eigenvalue weighted by molar-refractivity contribution is 8.13. The highest BCUT2D eigenvalue weighted by Gasteiger charge is 2.45. The van der Waals surface area contributed by atoms with Crippen LogP contribution < -0.4 is 10.4 Å². The number of aliphatic hydroxyl groups is 3. The van der Waals surface area contributed by atoms with E-state index < -0.39 is 36.3 Å². The molecule has 5 unspecified atom stereocenters. The minimum atomic E-state index is -1.51. The fraction of sp³-hybridized carbons (Fsp3) is 0.688. The number of aliphatic hydroxyl groups excluding tert-OH is 3. The Kier molecular flexibility index (Phi) is 14.7. The summed E-state index contributed by atoms with van der Waals surface area (Å²) in [5.41, 5.74) is 0.598. The van der Waals surface area contributed by atoms with E-state index in [0.29, 0.717) is 12.0 Å². The summed E-state index contributed by atoms with van der Waals surface area (Å²) in [6.45, 7) is 4.05. The van der Waals surface area contributed by atoms with Gasteiger partial charge in [-0.25, -0.2) is 4.79 Å². The predicted molar refractivity (Wildman–Crippen MR) is 162 cm³/mol. The highest BCUT2D eigenvalue weighted by Crippen LogP contribution is 2.29. The zero-order valence-corrected chi connectivity index (χ0v) is 25.4. The van der Waals surface area contributed by atoms with E-state index in [1.807, 2.05) is 0 Å². The molecule has 0 spiro atoms. The second kappa shape index (κ2) is 17.9. The van der Waals surface area contributed by atoms with Gasteiger partial charge in [0.15, 0.2) is 5.12 Å².